The molecule has 0 bridgehead atoms. The number of benzene rings is 1. The van der Waals surface area contributed by atoms with Crippen molar-refractivity contribution in [3.05, 3.63) is 35.4 Å². The second-order valence-electron chi connectivity index (χ2n) is 4.36. The van der Waals surface area contributed by atoms with E-state index >= 15 is 0 Å². The zero-order chi connectivity index (χ0) is 12.3. The lowest BCUT2D eigenvalue weighted by Gasteiger charge is -2.31. The quantitative estimate of drug-likeness (QED) is 0.878. The van der Waals surface area contributed by atoms with E-state index in [1.165, 1.54) is 6.07 Å². The molecule has 2 unspecified atom stereocenters. The van der Waals surface area contributed by atoms with Gasteiger partial charge in [-0.15, -0.1) is 0 Å². The first-order valence-electron chi connectivity index (χ1n) is 6.02. The Labute approximate surface area is 100.0 Å². The fourth-order valence-electron chi connectivity index (χ4n) is 2.14. The van der Waals surface area contributed by atoms with Crippen molar-refractivity contribution in [3.8, 4) is 0 Å². The highest BCUT2D eigenvalue weighted by Crippen LogP contribution is 2.25. The summed E-state index contributed by atoms with van der Waals surface area (Å²) in [6.45, 7) is 3.39. The molecule has 94 valence electrons. The summed E-state index contributed by atoms with van der Waals surface area (Å²) >= 11 is 0. The summed E-state index contributed by atoms with van der Waals surface area (Å²) in [5, 5.41) is 3.20. The maximum absolute atomic E-state index is 13.6. The van der Waals surface area contributed by atoms with E-state index in [1.54, 1.807) is 0 Å². The van der Waals surface area contributed by atoms with Crippen LogP contribution in [-0.2, 0) is 4.74 Å². The van der Waals surface area contributed by atoms with Crippen LogP contribution in [0.4, 0.5) is 8.78 Å². The van der Waals surface area contributed by atoms with Gasteiger partial charge in [0.05, 0.1) is 12.2 Å². The average Bonchev–Trinajstić information content (AvgIpc) is 2.33. The van der Waals surface area contributed by atoms with Crippen molar-refractivity contribution in [3.63, 3.8) is 0 Å². The standard InChI is InChI=1S/C13H17F2NO/c1-2-3-10-7-16-8-13(17-10)11-6-9(14)4-5-12(11)15/h4-6,10,13,16H,2-3,7-8H2,1H3. The molecule has 1 heterocycles. The summed E-state index contributed by atoms with van der Waals surface area (Å²) in [6.07, 6.45) is 1.64. The van der Waals surface area contributed by atoms with E-state index in [0.29, 0.717) is 12.1 Å². The van der Waals surface area contributed by atoms with Gasteiger partial charge in [0.1, 0.15) is 11.6 Å². The maximum atomic E-state index is 13.6. The van der Waals surface area contributed by atoms with Gasteiger partial charge in [0.15, 0.2) is 0 Å². The van der Waals surface area contributed by atoms with Crippen molar-refractivity contribution < 1.29 is 13.5 Å². The lowest BCUT2D eigenvalue weighted by molar-refractivity contribution is -0.0441. The summed E-state index contributed by atoms with van der Waals surface area (Å²) in [7, 11) is 0. The van der Waals surface area contributed by atoms with E-state index < -0.39 is 17.7 Å². The highest BCUT2D eigenvalue weighted by atomic mass is 19.1. The van der Waals surface area contributed by atoms with Crippen molar-refractivity contribution in [2.75, 3.05) is 13.1 Å². The highest BCUT2D eigenvalue weighted by molar-refractivity contribution is 5.22. The molecule has 0 aromatic heterocycles. The fourth-order valence-corrected chi connectivity index (χ4v) is 2.14. The number of morpholine rings is 1. The van der Waals surface area contributed by atoms with E-state index in [1.807, 2.05) is 0 Å². The molecule has 1 aliphatic heterocycles. The fraction of sp³-hybridized carbons (Fsp3) is 0.538. The zero-order valence-corrected chi connectivity index (χ0v) is 9.88. The van der Waals surface area contributed by atoms with Gasteiger partial charge in [0, 0.05) is 18.7 Å². The maximum Gasteiger partial charge on any atom is 0.129 e. The molecule has 0 spiro atoms. The van der Waals surface area contributed by atoms with E-state index in [2.05, 4.69) is 12.2 Å². The summed E-state index contributed by atoms with van der Waals surface area (Å²) in [4.78, 5) is 0. The minimum Gasteiger partial charge on any atom is -0.368 e. The second-order valence-corrected chi connectivity index (χ2v) is 4.36. The van der Waals surface area contributed by atoms with Gasteiger partial charge in [-0.3, -0.25) is 0 Å². The van der Waals surface area contributed by atoms with Gasteiger partial charge in [-0.1, -0.05) is 13.3 Å². The second kappa shape index (κ2) is 5.56. The summed E-state index contributed by atoms with van der Waals surface area (Å²) < 4.78 is 32.5. The molecule has 0 aliphatic carbocycles. The van der Waals surface area contributed by atoms with Crippen LogP contribution in [0.1, 0.15) is 31.4 Å². The van der Waals surface area contributed by atoms with Crippen LogP contribution in [0.2, 0.25) is 0 Å². The number of nitrogens with one attached hydrogen (secondary N) is 1. The van der Waals surface area contributed by atoms with Crippen LogP contribution >= 0.6 is 0 Å². The molecule has 0 saturated carbocycles. The third-order valence-corrected chi connectivity index (χ3v) is 2.97. The number of ether oxygens (including phenoxy) is 1. The number of hydrogen-bond acceptors (Lipinski definition) is 2. The molecule has 1 saturated heterocycles. The Balaban J connectivity index is 2.13. The molecule has 0 amide bonds. The first-order valence-corrected chi connectivity index (χ1v) is 6.02. The Morgan fingerprint density at radius 1 is 1.35 bits per heavy atom. The van der Waals surface area contributed by atoms with Gasteiger partial charge in [0.25, 0.3) is 0 Å². The first-order chi connectivity index (χ1) is 8.20. The molecule has 2 atom stereocenters. The van der Waals surface area contributed by atoms with Crippen molar-refractivity contribution in [2.24, 2.45) is 0 Å². The first kappa shape index (κ1) is 12.5. The van der Waals surface area contributed by atoms with E-state index in [0.717, 1.165) is 31.5 Å². The van der Waals surface area contributed by atoms with Gasteiger partial charge in [0.2, 0.25) is 0 Å². The highest BCUT2D eigenvalue weighted by Gasteiger charge is 2.25. The summed E-state index contributed by atoms with van der Waals surface area (Å²) in [5.74, 6) is -0.835. The predicted octanol–water partition coefficient (Wildman–Crippen LogP) is 2.79. The van der Waals surface area contributed by atoms with Crippen LogP contribution < -0.4 is 5.32 Å². The van der Waals surface area contributed by atoms with Crippen LogP contribution in [0.5, 0.6) is 0 Å². The topological polar surface area (TPSA) is 21.3 Å². The Bertz CT molecular complexity index is 382. The van der Waals surface area contributed by atoms with Crippen LogP contribution in [0.15, 0.2) is 18.2 Å². The SMILES string of the molecule is CCCC1CNCC(c2cc(F)ccc2F)O1. The van der Waals surface area contributed by atoms with Crippen molar-refractivity contribution in [1.29, 1.82) is 0 Å². The molecule has 17 heavy (non-hydrogen) atoms. The smallest absolute Gasteiger partial charge is 0.129 e. The lowest BCUT2D eigenvalue weighted by Crippen LogP contribution is -2.40. The zero-order valence-electron chi connectivity index (χ0n) is 9.88. The van der Waals surface area contributed by atoms with Crippen LogP contribution in [0.3, 0.4) is 0 Å². The summed E-state index contributed by atoms with van der Waals surface area (Å²) in [5.41, 5.74) is 0.304. The third kappa shape index (κ3) is 3.01. The molecule has 0 radical (unpaired) electrons. The molecule has 2 nitrogen and oxygen atoms in total. The van der Waals surface area contributed by atoms with E-state index in [4.69, 9.17) is 4.74 Å². The average molecular weight is 241 g/mol. The molecule has 1 N–H and O–H groups in total. The van der Waals surface area contributed by atoms with Gasteiger partial charge in [-0.05, 0) is 24.6 Å². The van der Waals surface area contributed by atoms with Gasteiger partial charge in [-0.2, -0.15) is 0 Å². The van der Waals surface area contributed by atoms with Gasteiger partial charge in [-0.25, -0.2) is 8.78 Å². The Morgan fingerprint density at radius 3 is 2.94 bits per heavy atom. The molecule has 1 aromatic carbocycles. The summed E-state index contributed by atoms with van der Waals surface area (Å²) in [6, 6.07) is 3.49. The number of rotatable bonds is 3. The Morgan fingerprint density at radius 2 is 2.18 bits per heavy atom. The lowest BCUT2D eigenvalue weighted by atomic mass is 10.1. The van der Waals surface area contributed by atoms with Crippen molar-refractivity contribution in [1.82, 2.24) is 5.32 Å². The molecule has 4 heteroatoms. The van der Waals surface area contributed by atoms with Gasteiger partial charge >= 0.3 is 0 Å². The molecular formula is C13H17F2NO. The third-order valence-electron chi connectivity index (χ3n) is 2.97. The molecule has 2 rings (SSSR count). The molecule has 1 aliphatic rings. The normalized spacial score (nSPS) is 24.9. The molecule has 1 aromatic rings. The number of halogens is 2. The minimum atomic E-state index is -0.428. The molecule has 1 fully saturated rings. The van der Waals surface area contributed by atoms with Crippen LogP contribution in [0, 0.1) is 11.6 Å². The van der Waals surface area contributed by atoms with Crippen molar-refractivity contribution >= 4 is 0 Å². The Hall–Kier alpha value is -1.00. The minimum absolute atomic E-state index is 0.0846. The van der Waals surface area contributed by atoms with Crippen LogP contribution in [-0.4, -0.2) is 19.2 Å². The van der Waals surface area contributed by atoms with Crippen LogP contribution in [0.25, 0.3) is 0 Å². The number of hydrogen-bond donors (Lipinski definition) is 1. The van der Waals surface area contributed by atoms with E-state index in [-0.39, 0.29) is 6.10 Å². The monoisotopic (exact) mass is 241 g/mol. The van der Waals surface area contributed by atoms with Gasteiger partial charge < -0.3 is 10.1 Å². The van der Waals surface area contributed by atoms with Crippen molar-refractivity contribution in [2.45, 2.75) is 32.0 Å². The van der Waals surface area contributed by atoms with E-state index in [9.17, 15) is 8.78 Å². The predicted molar refractivity (Wildman–Crippen MR) is 61.7 cm³/mol. The molecular weight excluding hydrogens is 224 g/mol. The largest absolute Gasteiger partial charge is 0.368 e. The Kier molecular flexibility index (Phi) is 4.07.